The summed E-state index contributed by atoms with van der Waals surface area (Å²) in [6.07, 6.45) is 0.608. The van der Waals surface area contributed by atoms with Crippen molar-refractivity contribution in [2.24, 2.45) is 23.5 Å². The van der Waals surface area contributed by atoms with Crippen molar-refractivity contribution in [3.8, 4) is 0 Å². The highest BCUT2D eigenvalue weighted by Gasteiger charge is 2.52. The van der Waals surface area contributed by atoms with E-state index in [2.05, 4.69) is 5.32 Å². The van der Waals surface area contributed by atoms with Gasteiger partial charge in [0.05, 0.1) is 0 Å². The lowest BCUT2D eigenvalue weighted by Gasteiger charge is -1.99. The first-order valence-electron chi connectivity index (χ1n) is 3.78. The second kappa shape index (κ2) is 1.95. The molecular weight excluding hydrogens is 128 g/mol. The van der Waals surface area contributed by atoms with Gasteiger partial charge in [-0.05, 0) is 30.8 Å². The number of carbonyl (C=O) groups excluding carboxylic acids is 1. The van der Waals surface area contributed by atoms with E-state index in [0.29, 0.717) is 12.3 Å². The van der Waals surface area contributed by atoms with E-state index in [-0.39, 0.29) is 5.91 Å². The smallest absolute Gasteiger partial charge is 0.217 e. The van der Waals surface area contributed by atoms with Gasteiger partial charge in [-0.15, -0.1) is 0 Å². The van der Waals surface area contributed by atoms with Crippen LogP contribution in [0.2, 0.25) is 0 Å². The number of piperidine rings is 1. The third-order valence-corrected chi connectivity index (χ3v) is 2.71. The van der Waals surface area contributed by atoms with E-state index in [1.807, 2.05) is 0 Å². The summed E-state index contributed by atoms with van der Waals surface area (Å²) in [4.78, 5) is 10.5. The number of nitrogens with one attached hydrogen (secondary N) is 1. The Bertz CT molecular complexity index is 159. The number of amides is 1. The van der Waals surface area contributed by atoms with Crippen LogP contribution in [0.15, 0.2) is 0 Å². The third-order valence-electron chi connectivity index (χ3n) is 2.71. The Morgan fingerprint density at radius 3 is 2.60 bits per heavy atom. The van der Waals surface area contributed by atoms with E-state index < -0.39 is 0 Å². The minimum Gasteiger partial charge on any atom is -0.370 e. The molecule has 1 aliphatic carbocycles. The molecule has 0 spiro atoms. The van der Waals surface area contributed by atoms with E-state index in [1.54, 1.807) is 0 Å². The summed E-state index contributed by atoms with van der Waals surface area (Å²) >= 11 is 0. The van der Waals surface area contributed by atoms with Crippen LogP contribution in [0.4, 0.5) is 0 Å². The van der Waals surface area contributed by atoms with Gasteiger partial charge in [0.1, 0.15) is 0 Å². The van der Waals surface area contributed by atoms with Crippen LogP contribution < -0.4 is 11.1 Å². The Morgan fingerprint density at radius 1 is 1.50 bits per heavy atom. The van der Waals surface area contributed by atoms with Crippen LogP contribution in [0.3, 0.4) is 0 Å². The predicted molar refractivity (Wildman–Crippen MR) is 37.2 cm³/mol. The minimum absolute atomic E-state index is 0.139. The van der Waals surface area contributed by atoms with E-state index >= 15 is 0 Å². The molecule has 0 radical (unpaired) electrons. The van der Waals surface area contributed by atoms with E-state index in [0.717, 1.165) is 24.9 Å². The van der Waals surface area contributed by atoms with Crippen LogP contribution in [-0.2, 0) is 4.79 Å². The van der Waals surface area contributed by atoms with E-state index in [9.17, 15) is 4.79 Å². The summed E-state index contributed by atoms with van der Waals surface area (Å²) in [7, 11) is 0. The molecular formula is C7H12N2O. The zero-order chi connectivity index (χ0) is 7.14. The van der Waals surface area contributed by atoms with Crippen LogP contribution in [0.5, 0.6) is 0 Å². The van der Waals surface area contributed by atoms with Crippen molar-refractivity contribution >= 4 is 5.91 Å². The van der Waals surface area contributed by atoms with Crippen LogP contribution in [-0.4, -0.2) is 19.0 Å². The highest BCUT2D eigenvalue weighted by molar-refractivity contribution is 5.74. The van der Waals surface area contributed by atoms with Gasteiger partial charge < -0.3 is 11.1 Å². The van der Waals surface area contributed by atoms with Crippen LogP contribution in [0, 0.1) is 17.8 Å². The van der Waals surface area contributed by atoms with Crippen molar-refractivity contribution in [2.75, 3.05) is 13.1 Å². The number of nitrogens with two attached hydrogens (primary N) is 1. The van der Waals surface area contributed by atoms with Crippen molar-refractivity contribution < 1.29 is 4.79 Å². The molecule has 3 heteroatoms. The quantitative estimate of drug-likeness (QED) is 0.534. The summed E-state index contributed by atoms with van der Waals surface area (Å²) in [5, 5.41) is 3.27. The number of carbonyl (C=O) groups is 1. The number of hydrogen-bond acceptors (Lipinski definition) is 2. The lowest BCUT2D eigenvalue weighted by molar-refractivity contribution is -0.118. The lowest BCUT2D eigenvalue weighted by Crippen LogP contribution is -2.18. The minimum atomic E-state index is -0.139. The number of fused-ring (bicyclic) bond motifs is 1. The predicted octanol–water partition coefficient (Wildman–Crippen LogP) is -0.673. The van der Waals surface area contributed by atoms with Crippen molar-refractivity contribution in [3.63, 3.8) is 0 Å². The van der Waals surface area contributed by atoms with Crippen molar-refractivity contribution in [1.29, 1.82) is 0 Å². The van der Waals surface area contributed by atoms with Gasteiger partial charge in [0, 0.05) is 6.42 Å². The molecule has 0 aromatic rings. The summed E-state index contributed by atoms with van der Waals surface area (Å²) in [6, 6.07) is 0. The highest BCUT2D eigenvalue weighted by atomic mass is 16.1. The molecule has 1 saturated carbocycles. The lowest BCUT2D eigenvalue weighted by atomic mass is 10.2. The average molecular weight is 140 g/mol. The molecule has 1 heterocycles. The molecule has 2 aliphatic rings. The SMILES string of the molecule is NC(=O)CC1C2CNCC21. The second-order valence-corrected chi connectivity index (χ2v) is 3.32. The molecule has 2 rings (SSSR count). The molecule has 0 bridgehead atoms. The Labute approximate surface area is 60.0 Å². The fourth-order valence-corrected chi connectivity index (χ4v) is 2.08. The Morgan fingerprint density at radius 2 is 2.10 bits per heavy atom. The van der Waals surface area contributed by atoms with Gasteiger partial charge >= 0.3 is 0 Å². The molecule has 1 amide bonds. The number of primary amides is 1. The third kappa shape index (κ3) is 0.814. The maximum atomic E-state index is 10.5. The standard InChI is InChI=1S/C7H12N2O/c8-7(10)1-4-5-2-9-3-6(4)5/h4-6,9H,1-3H2,(H2,8,10). The number of hydrogen-bond donors (Lipinski definition) is 2. The van der Waals surface area contributed by atoms with Gasteiger partial charge in [-0.3, -0.25) is 4.79 Å². The fraction of sp³-hybridized carbons (Fsp3) is 0.857. The molecule has 10 heavy (non-hydrogen) atoms. The summed E-state index contributed by atoms with van der Waals surface area (Å²) < 4.78 is 0. The largest absolute Gasteiger partial charge is 0.370 e. The zero-order valence-corrected chi connectivity index (χ0v) is 5.84. The summed E-state index contributed by atoms with van der Waals surface area (Å²) in [5.74, 6) is 2.03. The molecule has 56 valence electrons. The molecule has 1 saturated heterocycles. The molecule has 1 aliphatic heterocycles. The molecule has 2 unspecified atom stereocenters. The summed E-state index contributed by atoms with van der Waals surface area (Å²) in [6.45, 7) is 2.20. The van der Waals surface area contributed by atoms with Gasteiger partial charge in [-0.2, -0.15) is 0 Å². The average Bonchev–Trinajstić information content (AvgIpc) is 2.40. The Hall–Kier alpha value is -0.570. The first-order chi connectivity index (χ1) is 4.79. The molecule has 3 N–H and O–H groups in total. The van der Waals surface area contributed by atoms with Crippen molar-refractivity contribution in [1.82, 2.24) is 5.32 Å². The van der Waals surface area contributed by atoms with Gasteiger partial charge in [-0.25, -0.2) is 0 Å². The number of rotatable bonds is 2. The normalized spacial score (nSPS) is 43.0. The van der Waals surface area contributed by atoms with Gasteiger partial charge in [0.15, 0.2) is 0 Å². The van der Waals surface area contributed by atoms with Crippen LogP contribution in [0.1, 0.15) is 6.42 Å². The molecule has 3 nitrogen and oxygen atoms in total. The first-order valence-corrected chi connectivity index (χ1v) is 3.78. The van der Waals surface area contributed by atoms with Gasteiger partial charge in [0.25, 0.3) is 0 Å². The van der Waals surface area contributed by atoms with Gasteiger partial charge in [0.2, 0.25) is 5.91 Å². The Balaban J connectivity index is 1.84. The second-order valence-electron chi connectivity index (χ2n) is 3.32. The zero-order valence-electron chi connectivity index (χ0n) is 5.84. The maximum Gasteiger partial charge on any atom is 0.217 e. The Kier molecular flexibility index (Phi) is 1.20. The molecule has 0 aromatic heterocycles. The van der Waals surface area contributed by atoms with Crippen LogP contribution >= 0.6 is 0 Å². The molecule has 0 aromatic carbocycles. The van der Waals surface area contributed by atoms with E-state index in [1.165, 1.54) is 0 Å². The van der Waals surface area contributed by atoms with Crippen molar-refractivity contribution in [2.45, 2.75) is 6.42 Å². The van der Waals surface area contributed by atoms with E-state index in [4.69, 9.17) is 5.73 Å². The fourth-order valence-electron chi connectivity index (χ4n) is 2.08. The first kappa shape index (κ1) is 6.16. The molecule has 2 atom stereocenters. The van der Waals surface area contributed by atoms with Crippen LogP contribution in [0.25, 0.3) is 0 Å². The topological polar surface area (TPSA) is 55.1 Å². The summed E-state index contributed by atoms with van der Waals surface area (Å²) in [5.41, 5.74) is 5.08. The molecule has 2 fully saturated rings. The van der Waals surface area contributed by atoms with Gasteiger partial charge in [-0.1, -0.05) is 0 Å². The van der Waals surface area contributed by atoms with Crippen molar-refractivity contribution in [3.05, 3.63) is 0 Å². The monoisotopic (exact) mass is 140 g/mol. The maximum absolute atomic E-state index is 10.5. The highest BCUT2D eigenvalue weighted by Crippen LogP contribution is 2.50.